The Morgan fingerprint density at radius 2 is 2.14 bits per heavy atom. The maximum Gasteiger partial charge on any atom is 0.263 e. The van der Waals surface area contributed by atoms with Gasteiger partial charge in [-0.3, -0.25) is 4.79 Å². The third-order valence-corrected chi connectivity index (χ3v) is 5.29. The number of carbonyl (C=O) groups excluding carboxylic acids is 1. The van der Waals surface area contributed by atoms with Crippen molar-refractivity contribution < 1.29 is 4.79 Å². The molecule has 21 heavy (non-hydrogen) atoms. The first-order chi connectivity index (χ1) is 10.0. The Balaban J connectivity index is 1.92. The van der Waals surface area contributed by atoms with Crippen LogP contribution in [0.25, 0.3) is 16.6 Å². The molecule has 1 fully saturated rings. The van der Waals surface area contributed by atoms with E-state index in [0.717, 1.165) is 15.4 Å². The van der Waals surface area contributed by atoms with Crippen molar-refractivity contribution in [1.29, 1.82) is 0 Å². The molecule has 1 aliphatic heterocycles. The van der Waals surface area contributed by atoms with Gasteiger partial charge in [0.05, 0.1) is 9.93 Å². The topological polar surface area (TPSA) is 42.0 Å². The Hall–Kier alpha value is -0.920. The molecule has 106 valence electrons. The highest BCUT2D eigenvalue weighted by molar-refractivity contribution is 8.26. The Bertz CT molecular complexity index is 785. The molecule has 8 heteroatoms. The molecule has 1 amide bonds. The van der Waals surface area contributed by atoms with Crippen molar-refractivity contribution in [2.24, 2.45) is 0 Å². The summed E-state index contributed by atoms with van der Waals surface area (Å²) in [5.41, 5.74) is 0.815. The van der Waals surface area contributed by atoms with E-state index >= 15 is 0 Å². The first-order valence-corrected chi connectivity index (χ1v) is 8.49. The van der Waals surface area contributed by atoms with E-state index in [9.17, 15) is 4.79 Å². The number of halogens is 2. The molecule has 0 saturated carbocycles. The molecule has 1 aromatic heterocycles. The number of thiazole rings is 1. The molecule has 0 bridgehead atoms. The van der Waals surface area contributed by atoms with E-state index in [1.807, 2.05) is 6.07 Å². The molecular weight excluding hydrogens is 367 g/mol. The average molecular weight is 373 g/mol. The van der Waals surface area contributed by atoms with Gasteiger partial charge in [-0.15, -0.1) is 11.3 Å². The third-order valence-electron chi connectivity index (χ3n) is 2.60. The molecule has 2 heterocycles. The highest BCUT2D eigenvalue weighted by atomic mass is 35.5. The monoisotopic (exact) mass is 372 g/mol. The number of carbonyl (C=O) groups is 1. The van der Waals surface area contributed by atoms with Crippen LogP contribution < -0.4 is 5.32 Å². The fourth-order valence-electron chi connectivity index (χ4n) is 1.69. The summed E-state index contributed by atoms with van der Waals surface area (Å²) in [5, 5.41) is 4.47. The summed E-state index contributed by atoms with van der Waals surface area (Å²) >= 11 is 19.7. The quantitative estimate of drug-likeness (QED) is 0.617. The van der Waals surface area contributed by atoms with E-state index in [2.05, 4.69) is 10.3 Å². The zero-order valence-electron chi connectivity index (χ0n) is 10.2. The lowest BCUT2D eigenvalue weighted by Crippen LogP contribution is -2.17. The lowest BCUT2D eigenvalue weighted by molar-refractivity contribution is -0.115. The minimum Gasteiger partial charge on any atom is -0.307 e. The number of thioether (sulfide) groups is 1. The molecule has 1 aliphatic rings. The largest absolute Gasteiger partial charge is 0.307 e. The molecule has 1 N–H and O–H groups in total. The Morgan fingerprint density at radius 1 is 1.33 bits per heavy atom. The van der Waals surface area contributed by atoms with Crippen LogP contribution in [0.2, 0.25) is 10.0 Å². The van der Waals surface area contributed by atoms with Crippen LogP contribution in [0, 0.1) is 0 Å². The number of rotatable bonds is 2. The summed E-state index contributed by atoms with van der Waals surface area (Å²) in [7, 11) is 0. The van der Waals surface area contributed by atoms with E-state index < -0.39 is 0 Å². The highest BCUT2D eigenvalue weighted by Crippen LogP contribution is 2.34. The molecule has 1 saturated heterocycles. The van der Waals surface area contributed by atoms with Crippen LogP contribution >= 0.6 is 58.5 Å². The van der Waals surface area contributed by atoms with Gasteiger partial charge < -0.3 is 5.32 Å². The average Bonchev–Trinajstić information content (AvgIpc) is 2.97. The molecule has 1 aromatic carbocycles. The van der Waals surface area contributed by atoms with Gasteiger partial charge in [0, 0.05) is 21.7 Å². The van der Waals surface area contributed by atoms with Gasteiger partial charge in [0.15, 0.2) is 0 Å². The van der Waals surface area contributed by atoms with Gasteiger partial charge in [-0.05, 0) is 24.3 Å². The van der Waals surface area contributed by atoms with Crippen LogP contribution in [0.3, 0.4) is 0 Å². The van der Waals surface area contributed by atoms with Gasteiger partial charge in [-0.25, -0.2) is 4.98 Å². The summed E-state index contributed by atoms with van der Waals surface area (Å²) in [6.45, 7) is 0. The maximum atomic E-state index is 11.6. The van der Waals surface area contributed by atoms with Crippen molar-refractivity contribution in [3.63, 3.8) is 0 Å². The number of benzene rings is 1. The molecule has 0 radical (unpaired) electrons. The number of nitrogens with one attached hydrogen (secondary N) is 1. The second-order valence-electron chi connectivity index (χ2n) is 4.04. The number of thiocarbonyl (C=S) groups is 1. The van der Waals surface area contributed by atoms with Gasteiger partial charge in [0.2, 0.25) is 0 Å². The Kier molecular flexibility index (Phi) is 4.33. The normalized spacial score (nSPS) is 16.6. The summed E-state index contributed by atoms with van der Waals surface area (Å²) in [6.07, 6.45) is 3.47. The van der Waals surface area contributed by atoms with Gasteiger partial charge in [-0.2, -0.15) is 0 Å². The molecule has 0 spiro atoms. The Labute approximate surface area is 144 Å². The first kappa shape index (κ1) is 15.0. The Morgan fingerprint density at radius 3 is 2.81 bits per heavy atom. The van der Waals surface area contributed by atoms with Gasteiger partial charge in [0.1, 0.15) is 9.33 Å². The van der Waals surface area contributed by atoms with Crippen LogP contribution in [0.1, 0.15) is 4.88 Å². The van der Waals surface area contributed by atoms with Crippen molar-refractivity contribution in [3.05, 3.63) is 44.2 Å². The SMILES string of the molecule is O=C1NC(=S)SC1=Cc1cnc(-c2ccc(Cl)cc2Cl)s1. The molecule has 3 nitrogen and oxygen atoms in total. The molecule has 2 aromatic rings. The van der Waals surface area contributed by atoms with Crippen LogP contribution in [-0.4, -0.2) is 15.2 Å². The smallest absolute Gasteiger partial charge is 0.263 e. The van der Waals surface area contributed by atoms with Gasteiger partial charge >= 0.3 is 0 Å². The minimum atomic E-state index is -0.176. The molecule has 0 unspecified atom stereocenters. The van der Waals surface area contributed by atoms with Crippen molar-refractivity contribution in [2.45, 2.75) is 0 Å². The number of nitrogens with zero attached hydrogens (tertiary/aromatic N) is 1. The van der Waals surface area contributed by atoms with Crippen molar-refractivity contribution >= 4 is 74.8 Å². The number of hydrogen-bond donors (Lipinski definition) is 1. The highest BCUT2D eigenvalue weighted by Gasteiger charge is 2.22. The summed E-state index contributed by atoms with van der Waals surface area (Å²) in [6, 6.07) is 5.27. The van der Waals surface area contributed by atoms with Crippen LogP contribution in [-0.2, 0) is 4.79 Å². The first-order valence-electron chi connectivity index (χ1n) is 5.69. The van der Waals surface area contributed by atoms with Crippen molar-refractivity contribution in [3.8, 4) is 10.6 Å². The number of amides is 1. The summed E-state index contributed by atoms with van der Waals surface area (Å²) in [5.74, 6) is -0.176. The number of aromatic nitrogens is 1. The third kappa shape index (κ3) is 3.30. The molecule has 0 aliphatic carbocycles. The van der Waals surface area contributed by atoms with Crippen molar-refractivity contribution in [2.75, 3.05) is 0 Å². The zero-order chi connectivity index (χ0) is 15.0. The zero-order valence-corrected chi connectivity index (χ0v) is 14.2. The van der Waals surface area contributed by atoms with Gasteiger partial charge in [-0.1, -0.05) is 47.2 Å². The number of hydrogen-bond acceptors (Lipinski definition) is 5. The predicted octanol–water partition coefficient (Wildman–Crippen LogP) is 4.61. The van der Waals surface area contributed by atoms with E-state index in [4.69, 9.17) is 35.4 Å². The lowest BCUT2D eigenvalue weighted by atomic mass is 10.2. The fourth-order valence-corrected chi connectivity index (χ4v) is 4.25. The van der Waals surface area contributed by atoms with E-state index in [1.54, 1.807) is 24.4 Å². The van der Waals surface area contributed by atoms with Crippen LogP contribution in [0.15, 0.2) is 29.3 Å². The molecular formula is C13H6Cl2N2OS3. The summed E-state index contributed by atoms with van der Waals surface area (Å²) < 4.78 is 0.469. The van der Waals surface area contributed by atoms with E-state index in [1.165, 1.54) is 23.1 Å². The van der Waals surface area contributed by atoms with Crippen LogP contribution in [0.4, 0.5) is 0 Å². The fraction of sp³-hybridized carbons (Fsp3) is 0. The minimum absolute atomic E-state index is 0.176. The van der Waals surface area contributed by atoms with E-state index in [-0.39, 0.29) is 5.91 Å². The van der Waals surface area contributed by atoms with Gasteiger partial charge in [0.25, 0.3) is 5.91 Å². The van der Waals surface area contributed by atoms with Crippen LogP contribution in [0.5, 0.6) is 0 Å². The van der Waals surface area contributed by atoms with E-state index in [0.29, 0.717) is 19.3 Å². The molecule has 3 rings (SSSR count). The maximum absolute atomic E-state index is 11.6. The lowest BCUT2D eigenvalue weighted by Gasteiger charge is -1.99. The molecule has 0 atom stereocenters. The predicted molar refractivity (Wildman–Crippen MR) is 93.9 cm³/mol. The second kappa shape index (κ2) is 6.06. The standard InChI is InChI=1S/C13H6Cl2N2OS3/c14-6-1-2-8(9(15)3-6)12-16-5-7(20-12)4-10-11(18)17-13(19)21-10/h1-5H,(H,17,18,19). The second-order valence-corrected chi connectivity index (χ2v) is 7.67. The van der Waals surface area contributed by atoms with Crippen molar-refractivity contribution in [1.82, 2.24) is 10.3 Å². The summed E-state index contributed by atoms with van der Waals surface area (Å²) in [4.78, 5) is 17.4.